The summed E-state index contributed by atoms with van der Waals surface area (Å²) in [5.41, 5.74) is 3.79. The van der Waals surface area contributed by atoms with Crippen LogP contribution in [-0.2, 0) is 14.3 Å². The Morgan fingerprint density at radius 2 is 1.95 bits per heavy atom. The van der Waals surface area contributed by atoms with Crippen LogP contribution in [0.3, 0.4) is 0 Å². The van der Waals surface area contributed by atoms with Gasteiger partial charge in [-0.15, -0.1) is 0 Å². The zero-order chi connectivity index (χ0) is 29.9. The van der Waals surface area contributed by atoms with E-state index in [0.29, 0.717) is 48.8 Å². The molecule has 2 aromatic carbocycles. The van der Waals surface area contributed by atoms with E-state index < -0.39 is 17.8 Å². The lowest BCUT2D eigenvalue weighted by molar-refractivity contribution is -0.117. The van der Waals surface area contributed by atoms with Crippen LogP contribution < -0.4 is 15.5 Å². The van der Waals surface area contributed by atoms with Crippen molar-refractivity contribution in [3.05, 3.63) is 64.7 Å². The molecule has 1 aliphatic rings. The minimum atomic E-state index is -0.645. The molecule has 10 heteroatoms. The van der Waals surface area contributed by atoms with Gasteiger partial charge in [-0.3, -0.25) is 14.9 Å². The monoisotopic (exact) mass is 564 g/mol. The summed E-state index contributed by atoms with van der Waals surface area (Å²) in [6, 6.07) is 10.7. The van der Waals surface area contributed by atoms with Crippen LogP contribution in [0.15, 0.2) is 53.0 Å². The summed E-state index contributed by atoms with van der Waals surface area (Å²) >= 11 is 0. The largest absolute Gasteiger partial charge is 0.449 e. The van der Waals surface area contributed by atoms with E-state index in [9.17, 15) is 19.5 Å². The number of aryl methyl sites for hydroxylation is 1. The maximum absolute atomic E-state index is 13.5. The SMILES string of the molecule is CCN(CCO)c1ccc(N=C2C=C(C(=O)NCCCOC)C(=O)c3cccc(NC(=O)OCC(C)C)c32)c(C)c1. The highest BCUT2D eigenvalue weighted by atomic mass is 16.5. The number of nitrogens with zero attached hydrogens (tertiary/aromatic N) is 2. The fourth-order valence-corrected chi connectivity index (χ4v) is 4.38. The second-order valence-electron chi connectivity index (χ2n) is 10.1. The number of methoxy groups -OCH3 is 1. The lowest BCUT2D eigenvalue weighted by atomic mass is 9.87. The second kappa shape index (κ2) is 15.1. The molecule has 3 N–H and O–H groups in total. The molecule has 3 rings (SSSR count). The van der Waals surface area contributed by atoms with E-state index in [2.05, 4.69) is 15.5 Å². The normalized spacial score (nSPS) is 13.6. The van der Waals surface area contributed by atoms with E-state index in [1.165, 1.54) is 6.08 Å². The van der Waals surface area contributed by atoms with Crippen LogP contribution in [0.2, 0.25) is 0 Å². The third-order valence-electron chi connectivity index (χ3n) is 6.47. The number of aliphatic hydroxyl groups is 1. The topological polar surface area (TPSA) is 130 Å². The Morgan fingerprint density at radius 3 is 2.61 bits per heavy atom. The van der Waals surface area contributed by atoms with Crippen LogP contribution in [0.4, 0.5) is 21.9 Å². The zero-order valence-corrected chi connectivity index (χ0v) is 24.5. The first-order valence-corrected chi connectivity index (χ1v) is 13.9. The summed E-state index contributed by atoms with van der Waals surface area (Å²) in [5.74, 6) is -0.810. The van der Waals surface area contributed by atoms with Crippen LogP contribution in [0.1, 0.15) is 48.7 Å². The van der Waals surface area contributed by atoms with Gasteiger partial charge in [0.2, 0.25) is 0 Å². The quantitative estimate of drug-likeness (QED) is 0.243. The Bertz CT molecular complexity index is 1320. The number of rotatable bonds is 13. The van der Waals surface area contributed by atoms with E-state index in [1.54, 1.807) is 25.3 Å². The number of amides is 2. The van der Waals surface area contributed by atoms with Crippen molar-refractivity contribution in [3.63, 3.8) is 0 Å². The van der Waals surface area contributed by atoms with E-state index in [4.69, 9.17) is 14.5 Å². The first-order chi connectivity index (χ1) is 19.7. The Morgan fingerprint density at radius 1 is 1.17 bits per heavy atom. The molecule has 0 saturated heterocycles. The van der Waals surface area contributed by atoms with E-state index in [-0.39, 0.29) is 30.3 Å². The van der Waals surface area contributed by atoms with Crippen LogP contribution >= 0.6 is 0 Å². The van der Waals surface area contributed by atoms with Gasteiger partial charge in [0.15, 0.2) is 5.78 Å². The van der Waals surface area contributed by atoms with Crippen LogP contribution in [0.5, 0.6) is 0 Å². The number of aliphatic imine (C=N–C) groups is 1. The first-order valence-electron chi connectivity index (χ1n) is 13.9. The van der Waals surface area contributed by atoms with E-state index in [1.807, 2.05) is 45.9 Å². The van der Waals surface area contributed by atoms with Crippen molar-refractivity contribution >= 4 is 40.6 Å². The molecule has 2 amide bonds. The van der Waals surface area contributed by atoms with Gasteiger partial charge >= 0.3 is 6.09 Å². The van der Waals surface area contributed by atoms with Crippen molar-refractivity contribution in [3.8, 4) is 0 Å². The van der Waals surface area contributed by atoms with E-state index >= 15 is 0 Å². The lowest BCUT2D eigenvalue weighted by Gasteiger charge is -2.23. The summed E-state index contributed by atoms with van der Waals surface area (Å²) < 4.78 is 10.3. The van der Waals surface area contributed by atoms with Gasteiger partial charge in [0.05, 0.1) is 35.9 Å². The maximum atomic E-state index is 13.5. The van der Waals surface area contributed by atoms with Crippen molar-refractivity contribution < 1.29 is 29.0 Å². The summed E-state index contributed by atoms with van der Waals surface area (Å²) in [5, 5.41) is 14.9. The van der Waals surface area contributed by atoms with Gasteiger partial charge in [0.1, 0.15) is 0 Å². The molecule has 41 heavy (non-hydrogen) atoms. The highest BCUT2D eigenvalue weighted by Crippen LogP contribution is 2.32. The lowest BCUT2D eigenvalue weighted by Crippen LogP contribution is -2.33. The van der Waals surface area contributed by atoms with Crippen molar-refractivity contribution in [2.45, 2.75) is 34.1 Å². The smallest absolute Gasteiger partial charge is 0.411 e. The fourth-order valence-electron chi connectivity index (χ4n) is 4.38. The first kappa shape index (κ1) is 31.5. The van der Waals surface area contributed by atoms with Crippen LogP contribution in [0.25, 0.3) is 0 Å². The Labute approximate surface area is 241 Å². The molecule has 220 valence electrons. The number of ketones is 1. The average Bonchev–Trinajstić information content (AvgIpc) is 2.95. The van der Waals surface area contributed by atoms with Gasteiger partial charge in [-0.2, -0.15) is 0 Å². The van der Waals surface area contributed by atoms with Gasteiger partial charge in [0.25, 0.3) is 5.91 Å². The number of aliphatic hydroxyl groups excluding tert-OH is 1. The third kappa shape index (κ3) is 8.25. The Balaban J connectivity index is 2.07. The van der Waals surface area contributed by atoms with Crippen LogP contribution in [0, 0.1) is 12.8 Å². The molecule has 0 heterocycles. The number of benzene rings is 2. The number of likely N-dealkylation sites (N-methyl/N-ethyl adjacent to an activating group) is 1. The maximum Gasteiger partial charge on any atom is 0.411 e. The highest BCUT2D eigenvalue weighted by molar-refractivity contribution is 6.37. The van der Waals surface area contributed by atoms with E-state index in [0.717, 1.165) is 17.8 Å². The zero-order valence-electron chi connectivity index (χ0n) is 24.5. The summed E-state index contributed by atoms with van der Waals surface area (Å²) in [6.45, 7) is 10.2. The van der Waals surface area contributed by atoms with Crippen molar-refractivity contribution in [1.29, 1.82) is 0 Å². The molecule has 1 aliphatic carbocycles. The van der Waals surface area contributed by atoms with Gasteiger partial charge in [0, 0.05) is 50.2 Å². The molecular formula is C31H40N4O6. The predicted octanol–water partition coefficient (Wildman–Crippen LogP) is 4.41. The van der Waals surface area contributed by atoms with Crippen LogP contribution in [-0.4, -0.2) is 75.2 Å². The Hall–Kier alpha value is -4.02. The Kier molecular flexibility index (Phi) is 11.6. The third-order valence-corrected chi connectivity index (χ3v) is 6.47. The molecule has 0 aromatic heterocycles. The van der Waals surface area contributed by atoms with Gasteiger partial charge in [-0.1, -0.05) is 26.0 Å². The molecule has 2 aromatic rings. The number of allylic oxidation sites excluding steroid dienone is 1. The fraction of sp³-hybridized carbons (Fsp3) is 0.419. The molecule has 10 nitrogen and oxygen atoms in total. The molecule has 0 spiro atoms. The standard InChI is InChI=1S/C31H40N4O6/c1-6-35(14-15-36)22-11-12-25(21(4)17-22)33-27-18-24(30(38)32-13-8-16-40-5)29(37)23-9-7-10-26(28(23)27)34-31(39)41-19-20(2)3/h7,9-12,17-18,20,36H,6,8,13-16,19H2,1-5H3,(H,32,38)(H,34,39). The summed E-state index contributed by atoms with van der Waals surface area (Å²) in [6.07, 6.45) is 1.43. The molecule has 0 fully saturated rings. The number of ether oxygens (including phenoxy) is 2. The van der Waals surface area contributed by atoms with Gasteiger partial charge in [-0.05, 0) is 62.1 Å². The second-order valence-corrected chi connectivity index (χ2v) is 10.1. The number of hydrogen-bond donors (Lipinski definition) is 3. The number of carbonyl (C=O) groups is 3. The number of hydrogen-bond acceptors (Lipinski definition) is 8. The molecule has 0 atom stereocenters. The van der Waals surface area contributed by atoms with Crippen molar-refractivity contribution in [1.82, 2.24) is 5.32 Å². The minimum Gasteiger partial charge on any atom is -0.449 e. The number of anilines is 2. The van der Waals surface area contributed by atoms with Gasteiger partial charge in [-0.25, -0.2) is 9.79 Å². The summed E-state index contributed by atoms with van der Waals surface area (Å²) in [4.78, 5) is 46.1. The minimum absolute atomic E-state index is 0.0393. The molecule has 0 radical (unpaired) electrons. The number of carbonyl (C=O) groups excluding carboxylic acids is 3. The van der Waals surface area contributed by atoms with Gasteiger partial charge < -0.3 is 24.8 Å². The van der Waals surface area contributed by atoms with Crippen molar-refractivity contribution in [2.75, 3.05) is 56.8 Å². The molecular weight excluding hydrogens is 524 g/mol. The highest BCUT2D eigenvalue weighted by Gasteiger charge is 2.31. The molecule has 0 unspecified atom stereocenters. The predicted molar refractivity (Wildman–Crippen MR) is 161 cm³/mol. The number of Topliss-reactive ketones (excluding diaryl/α,β-unsaturated/α-hetero) is 1. The molecule has 0 bridgehead atoms. The molecule has 0 aliphatic heterocycles. The number of nitrogens with one attached hydrogen (secondary N) is 2. The average molecular weight is 565 g/mol. The summed E-state index contributed by atoms with van der Waals surface area (Å²) in [7, 11) is 1.58. The number of fused-ring (bicyclic) bond motifs is 1. The molecule has 0 saturated carbocycles. The van der Waals surface area contributed by atoms with Crippen molar-refractivity contribution in [2.24, 2.45) is 10.9 Å².